The van der Waals surface area contributed by atoms with Gasteiger partial charge in [0, 0.05) is 38.4 Å². The van der Waals surface area contributed by atoms with Gasteiger partial charge in [0.2, 0.25) is 5.91 Å². The minimum atomic E-state index is -0.694. The Morgan fingerprint density at radius 2 is 1.81 bits per heavy atom. The highest BCUT2D eigenvalue weighted by Gasteiger charge is 2.38. The summed E-state index contributed by atoms with van der Waals surface area (Å²) in [7, 11) is 4.60. The van der Waals surface area contributed by atoms with Crippen molar-refractivity contribution in [3.63, 3.8) is 0 Å². The molecule has 0 N–H and O–H groups in total. The molecule has 1 heterocycles. The van der Waals surface area contributed by atoms with Crippen molar-refractivity contribution in [1.82, 2.24) is 4.90 Å². The molecule has 0 unspecified atom stereocenters. The standard InChI is InChI=1S/C24H28N2O5/c1-16-5-7-17(8-6-16)18-13-19(23(28)25(2)11-12-30-3)15-20(14-18)26-21(24(29)31-4)9-10-22(26)27/h5-8,13-15,21H,9-12H2,1-4H3/t21-/m0/s1. The van der Waals surface area contributed by atoms with E-state index in [9.17, 15) is 14.4 Å². The fourth-order valence-corrected chi connectivity index (χ4v) is 3.70. The summed E-state index contributed by atoms with van der Waals surface area (Å²) in [5.41, 5.74) is 3.79. The van der Waals surface area contributed by atoms with Gasteiger partial charge >= 0.3 is 5.97 Å². The maximum absolute atomic E-state index is 13.1. The zero-order valence-corrected chi connectivity index (χ0v) is 18.4. The largest absolute Gasteiger partial charge is 0.467 e. The van der Waals surface area contributed by atoms with E-state index in [0.29, 0.717) is 30.8 Å². The molecule has 31 heavy (non-hydrogen) atoms. The minimum absolute atomic E-state index is 0.164. The van der Waals surface area contributed by atoms with Gasteiger partial charge in [-0.15, -0.1) is 0 Å². The molecule has 1 saturated heterocycles. The Kier molecular flexibility index (Phi) is 7.07. The Labute approximate surface area is 182 Å². The number of anilines is 1. The van der Waals surface area contributed by atoms with Gasteiger partial charge in [-0.1, -0.05) is 29.8 Å². The molecule has 2 amide bonds. The number of hydrogen-bond donors (Lipinski definition) is 0. The van der Waals surface area contributed by atoms with Crippen LogP contribution in [0.3, 0.4) is 0 Å². The van der Waals surface area contributed by atoms with Gasteiger partial charge < -0.3 is 14.4 Å². The summed E-state index contributed by atoms with van der Waals surface area (Å²) in [5, 5.41) is 0. The number of carbonyl (C=O) groups is 3. The van der Waals surface area contributed by atoms with Crippen LogP contribution in [-0.2, 0) is 19.1 Å². The molecule has 3 rings (SSSR count). The number of ether oxygens (including phenoxy) is 2. The lowest BCUT2D eigenvalue weighted by molar-refractivity contribution is -0.142. The van der Waals surface area contributed by atoms with Crippen molar-refractivity contribution in [3.8, 4) is 11.1 Å². The predicted molar refractivity (Wildman–Crippen MR) is 118 cm³/mol. The van der Waals surface area contributed by atoms with Gasteiger partial charge in [0.25, 0.3) is 5.91 Å². The van der Waals surface area contributed by atoms with Crippen LogP contribution in [0.2, 0.25) is 0 Å². The maximum atomic E-state index is 13.1. The summed E-state index contributed by atoms with van der Waals surface area (Å²) in [6.45, 7) is 2.86. The smallest absolute Gasteiger partial charge is 0.328 e. The van der Waals surface area contributed by atoms with Crippen molar-refractivity contribution >= 4 is 23.5 Å². The van der Waals surface area contributed by atoms with Crippen LogP contribution >= 0.6 is 0 Å². The average Bonchev–Trinajstić information content (AvgIpc) is 3.17. The molecular weight excluding hydrogens is 396 g/mol. The molecule has 0 aliphatic carbocycles. The minimum Gasteiger partial charge on any atom is -0.467 e. The highest BCUT2D eigenvalue weighted by Crippen LogP contribution is 2.33. The van der Waals surface area contributed by atoms with E-state index in [2.05, 4.69) is 0 Å². The van der Waals surface area contributed by atoms with E-state index < -0.39 is 12.0 Å². The van der Waals surface area contributed by atoms with Crippen LogP contribution in [-0.4, -0.2) is 63.1 Å². The van der Waals surface area contributed by atoms with Crippen LogP contribution in [0.5, 0.6) is 0 Å². The zero-order valence-electron chi connectivity index (χ0n) is 18.4. The second-order valence-corrected chi connectivity index (χ2v) is 7.70. The van der Waals surface area contributed by atoms with Crippen LogP contribution in [0.4, 0.5) is 5.69 Å². The Bertz CT molecular complexity index is 970. The first kappa shape index (κ1) is 22.5. The number of nitrogens with zero attached hydrogens (tertiary/aromatic N) is 2. The third-order valence-electron chi connectivity index (χ3n) is 5.49. The van der Waals surface area contributed by atoms with Crippen LogP contribution in [0.15, 0.2) is 42.5 Å². The molecule has 0 aromatic heterocycles. The Morgan fingerprint density at radius 3 is 2.45 bits per heavy atom. The van der Waals surface area contributed by atoms with Gasteiger partial charge in [-0.3, -0.25) is 14.5 Å². The molecule has 164 valence electrons. The molecule has 1 aliphatic rings. The summed E-state index contributed by atoms with van der Waals surface area (Å²) < 4.78 is 9.98. The first-order valence-electron chi connectivity index (χ1n) is 10.2. The number of likely N-dealkylation sites (N-methyl/N-ethyl adjacent to an activating group) is 1. The van der Waals surface area contributed by atoms with Gasteiger partial charge in [-0.2, -0.15) is 0 Å². The van der Waals surface area contributed by atoms with E-state index in [1.54, 1.807) is 25.1 Å². The number of esters is 1. The number of hydrogen-bond acceptors (Lipinski definition) is 5. The van der Waals surface area contributed by atoms with Gasteiger partial charge in [-0.05, 0) is 42.7 Å². The quantitative estimate of drug-likeness (QED) is 0.639. The van der Waals surface area contributed by atoms with E-state index >= 15 is 0 Å². The molecule has 1 atom stereocenters. The number of aryl methyl sites for hydroxylation is 1. The summed E-state index contributed by atoms with van der Waals surface area (Å²) in [6.07, 6.45) is 0.642. The summed E-state index contributed by atoms with van der Waals surface area (Å²) in [4.78, 5) is 41.0. The second kappa shape index (κ2) is 9.75. The van der Waals surface area contributed by atoms with Gasteiger partial charge in [0.15, 0.2) is 0 Å². The first-order valence-corrected chi connectivity index (χ1v) is 10.2. The van der Waals surface area contributed by atoms with Crippen molar-refractivity contribution in [3.05, 3.63) is 53.6 Å². The van der Waals surface area contributed by atoms with Crippen LogP contribution in [0.1, 0.15) is 28.8 Å². The lowest BCUT2D eigenvalue weighted by atomic mass is 9.99. The van der Waals surface area contributed by atoms with E-state index in [-0.39, 0.29) is 18.2 Å². The van der Waals surface area contributed by atoms with Crippen LogP contribution in [0, 0.1) is 6.92 Å². The number of carbonyl (C=O) groups excluding carboxylic acids is 3. The molecular formula is C24H28N2O5. The van der Waals surface area contributed by atoms with Crippen molar-refractivity contribution in [2.24, 2.45) is 0 Å². The number of benzene rings is 2. The Balaban J connectivity index is 2.08. The first-order chi connectivity index (χ1) is 14.8. The highest BCUT2D eigenvalue weighted by molar-refractivity contribution is 6.04. The number of methoxy groups -OCH3 is 2. The molecule has 0 spiro atoms. The Hall–Kier alpha value is -3.19. The molecule has 0 radical (unpaired) electrons. The summed E-state index contributed by atoms with van der Waals surface area (Å²) >= 11 is 0. The normalized spacial score (nSPS) is 15.8. The lowest BCUT2D eigenvalue weighted by Gasteiger charge is -2.25. The Morgan fingerprint density at radius 1 is 1.10 bits per heavy atom. The second-order valence-electron chi connectivity index (χ2n) is 7.70. The van der Waals surface area contributed by atoms with E-state index in [4.69, 9.17) is 9.47 Å². The fraction of sp³-hybridized carbons (Fsp3) is 0.375. The molecule has 0 saturated carbocycles. The summed E-state index contributed by atoms with van der Waals surface area (Å²) in [6, 6.07) is 12.6. The molecule has 0 bridgehead atoms. The highest BCUT2D eigenvalue weighted by atomic mass is 16.5. The average molecular weight is 424 g/mol. The predicted octanol–water partition coefficient (Wildman–Crippen LogP) is 3.05. The lowest BCUT2D eigenvalue weighted by Crippen LogP contribution is -2.39. The maximum Gasteiger partial charge on any atom is 0.328 e. The molecule has 1 fully saturated rings. The van der Waals surface area contributed by atoms with Gasteiger partial charge in [-0.25, -0.2) is 4.79 Å². The third-order valence-corrected chi connectivity index (χ3v) is 5.49. The van der Waals surface area contributed by atoms with E-state index in [1.807, 2.05) is 43.3 Å². The molecule has 7 nitrogen and oxygen atoms in total. The number of rotatable bonds is 7. The van der Waals surface area contributed by atoms with Crippen LogP contribution in [0.25, 0.3) is 11.1 Å². The molecule has 7 heteroatoms. The van der Waals surface area contributed by atoms with E-state index in [0.717, 1.165) is 16.7 Å². The zero-order chi connectivity index (χ0) is 22.5. The van der Waals surface area contributed by atoms with Crippen LogP contribution < -0.4 is 4.90 Å². The van der Waals surface area contributed by atoms with Gasteiger partial charge in [0.05, 0.1) is 13.7 Å². The monoisotopic (exact) mass is 424 g/mol. The SMILES string of the molecule is COCCN(C)C(=O)c1cc(-c2ccc(C)cc2)cc(N2C(=O)CC[C@H]2C(=O)OC)c1. The third kappa shape index (κ3) is 4.94. The van der Waals surface area contributed by atoms with E-state index in [1.165, 1.54) is 12.0 Å². The topological polar surface area (TPSA) is 76.2 Å². The van der Waals surface area contributed by atoms with Gasteiger partial charge in [0.1, 0.15) is 6.04 Å². The fourth-order valence-electron chi connectivity index (χ4n) is 3.70. The van der Waals surface area contributed by atoms with Crippen molar-refractivity contribution in [1.29, 1.82) is 0 Å². The van der Waals surface area contributed by atoms with Crippen molar-refractivity contribution < 1.29 is 23.9 Å². The van der Waals surface area contributed by atoms with Crippen molar-refractivity contribution in [2.45, 2.75) is 25.8 Å². The number of amides is 2. The summed E-state index contributed by atoms with van der Waals surface area (Å²) in [5.74, 6) is -0.812. The molecule has 2 aromatic carbocycles. The molecule has 1 aliphatic heterocycles. The molecule has 2 aromatic rings. The van der Waals surface area contributed by atoms with Crippen molar-refractivity contribution in [2.75, 3.05) is 39.3 Å².